The first-order valence-electron chi connectivity index (χ1n) is 8.69. The van der Waals surface area contributed by atoms with E-state index in [1.165, 1.54) is 18.3 Å². The highest BCUT2D eigenvalue weighted by atomic mass is 35.5. The van der Waals surface area contributed by atoms with Crippen LogP contribution in [0.2, 0.25) is 5.15 Å². The number of carbonyl (C=O) groups is 1. The average molecular weight is 413 g/mol. The van der Waals surface area contributed by atoms with Gasteiger partial charge in [-0.2, -0.15) is 8.97 Å². The van der Waals surface area contributed by atoms with Gasteiger partial charge in [-0.1, -0.05) is 29.2 Å². The molecule has 0 saturated carbocycles. The molecule has 0 aliphatic heterocycles. The minimum absolute atomic E-state index is 0.176. The maximum absolute atomic E-state index is 12.6. The number of nitrogen functional groups attached to an aromatic ring is 1. The molecular weight excluding hydrogens is 394 g/mol. The van der Waals surface area contributed by atoms with Crippen molar-refractivity contribution >= 4 is 51.9 Å². The molecule has 8 heteroatoms. The van der Waals surface area contributed by atoms with Crippen LogP contribution in [0.25, 0.3) is 16.3 Å². The molecule has 3 heterocycles. The first-order valence-corrected chi connectivity index (χ1v) is 9.94. The summed E-state index contributed by atoms with van der Waals surface area (Å²) >= 11 is 7.69. The van der Waals surface area contributed by atoms with E-state index in [1.54, 1.807) is 15.0 Å². The molecule has 0 amide bonds. The number of rotatable bonds is 3. The molecule has 142 valence electrons. The molecule has 0 fully saturated rings. The van der Waals surface area contributed by atoms with E-state index in [-0.39, 0.29) is 11.1 Å². The van der Waals surface area contributed by atoms with Crippen LogP contribution in [0.5, 0.6) is 0 Å². The summed E-state index contributed by atoms with van der Waals surface area (Å²) in [5.41, 5.74) is 10.1. The summed E-state index contributed by atoms with van der Waals surface area (Å²) in [6, 6.07) is 11.6. The van der Waals surface area contributed by atoms with Gasteiger partial charge in [0.05, 0.1) is 4.88 Å². The van der Waals surface area contributed by atoms with Crippen molar-refractivity contribution in [2.75, 3.05) is 11.1 Å². The van der Waals surface area contributed by atoms with Crippen LogP contribution in [0.3, 0.4) is 0 Å². The number of thiophene rings is 1. The van der Waals surface area contributed by atoms with Gasteiger partial charge in [0.25, 0.3) is 5.91 Å². The van der Waals surface area contributed by atoms with Gasteiger partial charge in [0.1, 0.15) is 0 Å². The van der Waals surface area contributed by atoms with E-state index < -0.39 is 0 Å². The van der Waals surface area contributed by atoms with Crippen LogP contribution in [0, 0.1) is 13.8 Å². The first-order chi connectivity index (χ1) is 13.4. The molecule has 6 nitrogen and oxygen atoms in total. The van der Waals surface area contributed by atoms with Gasteiger partial charge in [0, 0.05) is 18.7 Å². The number of aryl methyl sites for hydroxylation is 2. The molecule has 3 N–H and O–H groups in total. The van der Waals surface area contributed by atoms with Crippen molar-refractivity contribution in [3.8, 4) is 10.6 Å². The van der Waals surface area contributed by atoms with Crippen molar-refractivity contribution < 1.29 is 9.36 Å². The Labute approximate surface area is 171 Å². The maximum Gasteiger partial charge on any atom is 0.416 e. The lowest BCUT2D eigenvalue weighted by Crippen LogP contribution is -2.42. The number of nitrogens with one attached hydrogen (secondary N) is 1. The van der Waals surface area contributed by atoms with Gasteiger partial charge in [-0.25, -0.2) is 0 Å². The molecule has 0 bridgehead atoms. The van der Waals surface area contributed by atoms with E-state index >= 15 is 0 Å². The van der Waals surface area contributed by atoms with E-state index in [0.717, 1.165) is 21.7 Å². The molecule has 1 aromatic carbocycles. The second kappa shape index (κ2) is 6.92. The monoisotopic (exact) mass is 412 g/mol. The Morgan fingerprint density at radius 3 is 2.57 bits per heavy atom. The number of imidazole rings is 1. The molecule has 4 aromatic rings. The van der Waals surface area contributed by atoms with Gasteiger partial charge < -0.3 is 11.1 Å². The number of nitrogens with two attached hydrogens (primary N) is 1. The Balaban J connectivity index is 2.12. The molecule has 0 saturated heterocycles. The van der Waals surface area contributed by atoms with Crippen LogP contribution in [0.4, 0.5) is 17.3 Å². The lowest BCUT2D eigenvalue weighted by molar-refractivity contribution is -0.534. The number of aromatic nitrogens is 3. The van der Waals surface area contributed by atoms with Crippen molar-refractivity contribution in [1.29, 1.82) is 0 Å². The molecule has 0 aliphatic carbocycles. The third-order valence-corrected chi connectivity index (χ3v) is 5.67. The van der Waals surface area contributed by atoms with Crippen molar-refractivity contribution in [3.63, 3.8) is 0 Å². The predicted molar refractivity (Wildman–Crippen MR) is 114 cm³/mol. The van der Waals surface area contributed by atoms with Crippen molar-refractivity contribution in [3.05, 3.63) is 58.1 Å². The molecule has 3 aromatic heterocycles. The van der Waals surface area contributed by atoms with E-state index in [0.29, 0.717) is 23.1 Å². The summed E-state index contributed by atoms with van der Waals surface area (Å²) in [4.78, 5) is 17.9. The summed E-state index contributed by atoms with van der Waals surface area (Å²) in [7, 11) is 0. The summed E-state index contributed by atoms with van der Waals surface area (Å²) in [6.45, 7) is 5.57. The Hall–Kier alpha value is -2.90. The van der Waals surface area contributed by atoms with E-state index in [9.17, 15) is 4.79 Å². The van der Waals surface area contributed by atoms with Gasteiger partial charge in [-0.3, -0.25) is 4.79 Å². The number of carbonyl (C=O) groups excluding carboxylic acids is 1. The Bertz CT molecular complexity index is 1190. The maximum atomic E-state index is 12.6. The number of hydrogen-bond donors (Lipinski definition) is 2. The third-order valence-electron chi connectivity index (χ3n) is 4.60. The lowest BCUT2D eigenvalue weighted by atomic mass is 10.1. The fourth-order valence-corrected chi connectivity index (χ4v) is 4.30. The largest absolute Gasteiger partial charge is 0.416 e. The lowest BCUT2D eigenvalue weighted by Gasteiger charge is -2.12. The average Bonchev–Trinajstić information content (AvgIpc) is 3.23. The summed E-state index contributed by atoms with van der Waals surface area (Å²) in [5, 5.41) is 5.71. The number of anilines is 3. The number of nitrogens with zero attached hydrogens (tertiary/aromatic N) is 3. The van der Waals surface area contributed by atoms with Gasteiger partial charge in [0.15, 0.2) is 11.5 Å². The smallest absolute Gasteiger partial charge is 0.372 e. The van der Waals surface area contributed by atoms with Crippen LogP contribution in [-0.4, -0.2) is 15.3 Å². The first kappa shape index (κ1) is 18.5. The second-order valence-electron chi connectivity index (χ2n) is 6.56. The highest BCUT2D eigenvalue weighted by Gasteiger charge is 2.32. The SMILES string of the molecule is CC(=O)[n+]1c(-c2cccs2)c(Nc2c(C)cccc2C)n2c(N)cc(Cl)nc21. The highest BCUT2D eigenvalue weighted by Crippen LogP contribution is 2.35. The Kier molecular flexibility index (Phi) is 4.56. The second-order valence-corrected chi connectivity index (χ2v) is 7.89. The molecule has 28 heavy (non-hydrogen) atoms. The highest BCUT2D eigenvalue weighted by molar-refractivity contribution is 7.13. The predicted octanol–water partition coefficient (Wildman–Crippen LogP) is 4.61. The zero-order valence-corrected chi connectivity index (χ0v) is 17.2. The van der Waals surface area contributed by atoms with Gasteiger partial charge in [0.2, 0.25) is 11.0 Å². The Morgan fingerprint density at radius 1 is 1.25 bits per heavy atom. The molecule has 0 atom stereocenters. The summed E-state index contributed by atoms with van der Waals surface area (Å²) in [6.07, 6.45) is 0. The number of hydrogen-bond acceptors (Lipinski definition) is 5. The summed E-state index contributed by atoms with van der Waals surface area (Å²) < 4.78 is 3.28. The molecule has 4 rings (SSSR count). The van der Waals surface area contributed by atoms with Crippen molar-refractivity contribution in [2.45, 2.75) is 20.8 Å². The molecule has 0 unspecified atom stereocenters. The van der Waals surface area contributed by atoms with Crippen molar-refractivity contribution in [2.24, 2.45) is 0 Å². The number of halogens is 1. The third kappa shape index (κ3) is 2.93. The number of para-hydroxylation sites is 1. The normalized spacial score (nSPS) is 11.1. The van der Waals surface area contributed by atoms with E-state index in [4.69, 9.17) is 17.3 Å². The molecule has 0 radical (unpaired) electrons. The number of benzene rings is 1. The molecule has 0 spiro atoms. The number of fused-ring (bicyclic) bond motifs is 1. The van der Waals surface area contributed by atoms with Crippen LogP contribution >= 0.6 is 22.9 Å². The van der Waals surface area contributed by atoms with Gasteiger partial charge in [-0.15, -0.1) is 11.3 Å². The zero-order valence-electron chi connectivity index (χ0n) is 15.7. The zero-order chi connectivity index (χ0) is 20.0. The van der Waals surface area contributed by atoms with Gasteiger partial charge >= 0.3 is 5.78 Å². The topological polar surface area (TPSA) is 76.3 Å². The minimum Gasteiger partial charge on any atom is -0.372 e. The van der Waals surface area contributed by atoms with Crippen LogP contribution in [0.1, 0.15) is 22.8 Å². The Morgan fingerprint density at radius 2 is 1.96 bits per heavy atom. The van der Waals surface area contributed by atoms with Crippen molar-refractivity contribution in [1.82, 2.24) is 9.38 Å². The standard InChI is InChI=1S/C20H18ClN5OS/c1-11-6-4-7-12(2)17(11)24-19-18(14-8-5-9-28-14)25(13(3)27)20-23-15(21)10-16(22)26(19)20/h4-10,22,24H,1-3H3/p+1. The summed E-state index contributed by atoms with van der Waals surface area (Å²) in [5.74, 6) is 1.26. The fraction of sp³-hybridized carbons (Fsp3) is 0.150. The molecule has 0 aliphatic rings. The van der Waals surface area contributed by atoms with Crippen LogP contribution in [0.15, 0.2) is 41.8 Å². The quantitative estimate of drug-likeness (QED) is 0.380. The van der Waals surface area contributed by atoms with E-state index in [1.807, 2.05) is 49.6 Å². The van der Waals surface area contributed by atoms with Crippen LogP contribution < -0.4 is 15.6 Å². The van der Waals surface area contributed by atoms with E-state index in [2.05, 4.69) is 10.3 Å². The van der Waals surface area contributed by atoms with Gasteiger partial charge in [-0.05, 0) is 48.0 Å². The van der Waals surface area contributed by atoms with Crippen LogP contribution in [-0.2, 0) is 0 Å². The minimum atomic E-state index is -0.176. The molecular formula is C20H19ClN5OS+. The fourth-order valence-electron chi connectivity index (χ4n) is 3.35.